The van der Waals surface area contributed by atoms with E-state index in [4.69, 9.17) is 9.84 Å². The third-order valence-corrected chi connectivity index (χ3v) is 2.45. The molecule has 100 valence electrons. The maximum absolute atomic E-state index is 11.9. The molecule has 0 saturated carbocycles. The standard InChI is InChI=1S/C11H10BrF3O3/c12-8-4-7(10(16)17)5-9(6-8)18-3-1-2-11(13,14)15/h4-6H,1-3H2,(H,16,17). The summed E-state index contributed by atoms with van der Waals surface area (Å²) >= 11 is 3.10. The fourth-order valence-corrected chi connectivity index (χ4v) is 1.70. The molecule has 3 nitrogen and oxygen atoms in total. The maximum Gasteiger partial charge on any atom is 0.389 e. The zero-order chi connectivity index (χ0) is 13.8. The Morgan fingerprint density at radius 1 is 1.33 bits per heavy atom. The van der Waals surface area contributed by atoms with Crippen LogP contribution in [0.4, 0.5) is 13.2 Å². The van der Waals surface area contributed by atoms with Crippen LogP contribution < -0.4 is 4.74 Å². The van der Waals surface area contributed by atoms with E-state index in [1.807, 2.05) is 0 Å². The van der Waals surface area contributed by atoms with Gasteiger partial charge in [0.15, 0.2) is 0 Å². The predicted molar refractivity (Wildman–Crippen MR) is 61.9 cm³/mol. The van der Waals surface area contributed by atoms with Crippen molar-refractivity contribution in [2.75, 3.05) is 6.61 Å². The van der Waals surface area contributed by atoms with Crippen LogP contribution in [0.25, 0.3) is 0 Å². The second-order valence-electron chi connectivity index (χ2n) is 3.55. The molecule has 0 fully saturated rings. The topological polar surface area (TPSA) is 46.5 Å². The van der Waals surface area contributed by atoms with Gasteiger partial charge in [0, 0.05) is 10.9 Å². The molecule has 0 atom stereocenters. The summed E-state index contributed by atoms with van der Waals surface area (Å²) in [4.78, 5) is 10.7. The van der Waals surface area contributed by atoms with Crippen molar-refractivity contribution in [1.82, 2.24) is 0 Å². The second kappa shape index (κ2) is 6.08. The molecule has 0 spiro atoms. The number of benzene rings is 1. The molecule has 0 bridgehead atoms. The van der Waals surface area contributed by atoms with Gasteiger partial charge in [-0.2, -0.15) is 13.2 Å². The molecule has 0 unspecified atom stereocenters. The summed E-state index contributed by atoms with van der Waals surface area (Å²) in [6, 6.07) is 4.14. The van der Waals surface area contributed by atoms with Gasteiger partial charge in [0.25, 0.3) is 0 Å². The van der Waals surface area contributed by atoms with Gasteiger partial charge < -0.3 is 9.84 Å². The first kappa shape index (κ1) is 14.8. The zero-order valence-electron chi connectivity index (χ0n) is 9.13. The number of ether oxygens (including phenoxy) is 1. The van der Waals surface area contributed by atoms with Crippen LogP contribution in [0.15, 0.2) is 22.7 Å². The van der Waals surface area contributed by atoms with Crippen LogP contribution in [0.5, 0.6) is 5.75 Å². The molecule has 1 rings (SSSR count). The van der Waals surface area contributed by atoms with Gasteiger partial charge in [-0.25, -0.2) is 4.79 Å². The van der Waals surface area contributed by atoms with Gasteiger partial charge in [-0.15, -0.1) is 0 Å². The Morgan fingerprint density at radius 2 is 2.00 bits per heavy atom. The lowest BCUT2D eigenvalue weighted by Crippen LogP contribution is -2.10. The number of hydrogen-bond acceptors (Lipinski definition) is 2. The molecule has 0 aliphatic carbocycles. The van der Waals surface area contributed by atoms with Crippen LogP contribution in [0.2, 0.25) is 0 Å². The summed E-state index contributed by atoms with van der Waals surface area (Å²) in [5.41, 5.74) is 0.00944. The molecule has 0 aromatic heterocycles. The SMILES string of the molecule is O=C(O)c1cc(Br)cc(OCCCC(F)(F)F)c1. The average Bonchev–Trinajstić information content (AvgIpc) is 2.22. The van der Waals surface area contributed by atoms with Gasteiger partial charge >= 0.3 is 12.1 Å². The summed E-state index contributed by atoms with van der Waals surface area (Å²) in [5.74, 6) is -0.902. The molecule has 0 aliphatic heterocycles. The van der Waals surface area contributed by atoms with E-state index in [2.05, 4.69) is 15.9 Å². The van der Waals surface area contributed by atoms with E-state index >= 15 is 0 Å². The summed E-state index contributed by atoms with van der Waals surface area (Å²) in [7, 11) is 0. The highest BCUT2D eigenvalue weighted by molar-refractivity contribution is 9.10. The maximum atomic E-state index is 11.9. The third kappa shape index (κ3) is 5.39. The Morgan fingerprint density at radius 3 is 2.56 bits per heavy atom. The van der Waals surface area contributed by atoms with E-state index in [-0.39, 0.29) is 24.3 Å². The highest BCUT2D eigenvalue weighted by Crippen LogP contribution is 2.24. The lowest BCUT2D eigenvalue weighted by atomic mass is 10.2. The summed E-state index contributed by atoms with van der Waals surface area (Å²) < 4.78 is 41.2. The summed E-state index contributed by atoms with van der Waals surface area (Å²) in [5, 5.41) is 8.79. The number of aromatic carboxylic acids is 1. The first-order valence-electron chi connectivity index (χ1n) is 5.01. The van der Waals surface area contributed by atoms with Crippen molar-refractivity contribution in [2.45, 2.75) is 19.0 Å². The molecule has 0 radical (unpaired) electrons. The van der Waals surface area contributed by atoms with Crippen molar-refractivity contribution in [3.05, 3.63) is 28.2 Å². The van der Waals surface area contributed by atoms with Crippen molar-refractivity contribution < 1.29 is 27.8 Å². The van der Waals surface area contributed by atoms with Crippen molar-refractivity contribution in [3.8, 4) is 5.75 Å². The van der Waals surface area contributed by atoms with Gasteiger partial charge in [-0.05, 0) is 24.6 Å². The molecular weight excluding hydrogens is 317 g/mol. The van der Waals surface area contributed by atoms with E-state index in [1.165, 1.54) is 18.2 Å². The fraction of sp³-hybridized carbons (Fsp3) is 0.364. The number of carbonyl (C=O) groups is 1. The molecular formula is C11H10BrF3O3. The van der Waals surface area contributed by atoms with Crippen molar-refractivity contribution in [2.24, 2.45) is 0 Å². The first-order chi connectivity index (χ1) is 8.28. The van der Waals surface area contributed by atoms with Gasteiger partial charge in [-0.3, -0.25) is 0 Å². The molecule has 0 heterocycles. The van der Waals surface area contributed by atoms with E-state index in [0.717, 1.165) is 0 Å². The van der Waals surface area contributed by atoms with Gasteiger partial charge in [0.05, 0.1) is 12.2 Å². The Kier molecular flexibility index (Phi) is 5.01. The molecule has 0 saturated heterocycles. The minimum Gasteiger partial charge on any atom is -0.494 e. The van der Waals surface area contributed by atoms with E-state index in [1.54, 1.807) is 0 Å². The molecule has 18 heavy (non-hydrogen) atoms. The highest BCUT2D eigenvalue weighted by atomic mass is 79.9. The molecule has 1 aromatic rings. The van der Waals surface area contributed by atoms with Crippen LogP contribution in [0, 0.1) is 0 Å². The minimum atomic E-state index is -4.20. The third-order valence-electron chi connectivity index (χ3n) is 1.99. The van der Waals surface area contributed by atoms with Crippen LogP contribution in [0.3, 0.4) is 0 Å². The number of halogens is 4. The van der Waals surface area contributed by atoms with Crippen LogP contribution >= 0.6 is 15.9 Å². The molecule has 0 amide bonds. The first-order valence-corrected chi connectivity index (χ1v) is 5.81. The summed E-state index contributed by atoms with van der Waals surface area (Å²) in [6.45, 7) is -0.116. The number of rotatable bonds is 5. The van der Waals surface area contributed by atoms with E-state index in [0.29, 0.717) is 4.47 Å². The second-order valence-corrected chi connectivity index (χ2v) is 4.46. The van der Waals surface area contributed by atoms with Crippen molar-refractivity contribution in [1.29, 1.82) is 0 Å². The number of alkyl halides is 3. The van der Waals surface area contributed by atoms with Gasteiger partial charge in [0.1, 0.15) is 5.75 Å². The van der Waals surface area contributed by atoms with Crippen LogP contribution in [0.1, 0.15) is 23.2 Å². The van der Waals surface area contributed by atoms with E-state index in [9.17, 15) is 18.0 Å². The Hall–Kier alpha value is -1.24. The average molecular weight is 327 g/mol. The number of carboxylic acids is 1. The fourth-order valence-electron chi connectivity index (χ4n) is 1.23. The smallest absolute Gasteiger partial charge is 0.389 e. The molecule has 1 N–H and O–H groups in total. The van der Waals surface area contributed by atoms with Crippen LogP contribution in [-0.2, 0) is 0 Å². The van der Waals surface area contributed by atoms with Crippen LogP contribution in [-0.4, -0.2) is 23.9 Å². The lowest BCUT2D eigenvalue weighted by molar-refractivity contribution is -0.136. The quantitative estimate of drug-likeness (QED) is 0.835. The largest absolute Gasteiger partial charge is 0.494 e. The minimum absolute atomic E-state index is 0.00944. The molecule has 1 aromatic carbocycles. The zero-order valence-corrected chi connectivity index (χ0v) is 10.7. The summed E-state index contributed by atoms with van der Waals surface area (Å²) in [6.07, 6.45) is -5.29. The Labute approximate surface area is 110 Å². The van der Waals surface area contributed by atoms with E-state index < -0.39 is 18.6 Å². The normalized spacial score (nSPS) is 11.3. The van der Waals surface area contributed by atoms with Crippen molar-refractivity contribution in [3.63, 3.8) is 0 Å². The number of carboxylic acid groups (broad SMARTS) is 1. The van der Waals surface area contributed by atoms with Crippen molar-refractivity contribution >= 4 is 21.9 Å². The highest BCUT2D eigenvalue weighted by Gasteiger charge is 2.26. The predicted octanol–water partition coefficient (Wildman–Crippen LogP) is 3.87. The Balaban J connectivity index is 2.55. The van der Waals surface area contributed by atoms with Gasteiger partial charge in [0.2, 0.25) is 0 Å². The monoisotopic (exact) mass is 326 g/mol. The van der Waals surface area contributed by atoms with Gasteiger partial charge in [-0.1, -0.05) is 15.9 Å². The molecule has 0 aliphatic rings. The Bertz CT molecular complexity index is 432. The lowest BCUT2D eigenvalue weighted by Gasteiger charge is -2.09. The molecule has 7 heteroatoms. The number of hydrogen-bond donors (Lipinski definition) is 1.